The molecule has 1 aliphatic carbocycles. The first-order chi connectivity index (χ1) is 6.89. The van der Waals surface area contributed by atoms with Gasteiger partial charge in [0.15, 0.2) is 0 Å². The van der Waals surface area contributed by atoms with Gasteiger partial charge in [-0.2, -0.15) is 0 Å². The summed E-state index contributed by atoms with van der Waals surface area (Å²) >= 11 is 0. The second-order valence-electron chi connectivity index (χ2n) is 5.37. The summed E-state index contributed by atoms with van der Waals surface area (Å²) in [5, 5.41) is 0. The Kier molecular flexibility index (Phi) is 3.54. The van der Waals surface area contributed by atoms with E-state index in [4.69, 9.17) is 0 Å². The Morgan fingerprint density at radius 1 is 1.73 bits per heavy atom. The van der Waals surface area contributed by atoms with Crippen LogP contribution in [0.4, 0.5) is 0 Å². The molecule has 0 aromatic heterocycles. The minimum Gasteiger partial charge on any atom is -0.303 e. The summed E-state index contributed by atoms with van der Waals surface area (Å²) in [4.78, 5) is 10.6. The average molecular weight is 206 g/mol. The fourth-order valence-electron chi connectivity index (χ4n) is 2.41. The normalized spacial score (nSPS) is 25.9. The lowest BCUT2D eigenvalue weighted by atomic mass is 9.73. The van der Waals surface area contributed by atoms with E-state index in [0.29, 0.717) is 5.92 Å². The van der Waals surface area contributed by atoms with Crippen molar-refractivity contribution < 1.29 is 4.79 Å². The van der Waals surface area contributed by atoms with E-state index in [9.17, 15) is 4.79 Å². The SMILES string of the molecule is C=C(C[C@@H](C)C=O)[C@H]1CC=C(C)C1(C)C. The Labute approximate surface area is 93.3 Å². The molecule has 1 aliphatic rings. The first kappa shape index (κ1) is 12.2. The van der Waals surface area contributed by atoms with E-state index in [1.165, 1.54) is 11.1 Å². The van der Waals surface area contributed by atoms with Gasteiger partial charge in [-0.05, 0) is 31.1 Å². The molecule has 2 atom stereocenters. The average Bonchev–Trinajstić information content (AvgIpc) is 2.41. The Morgan fingerprint density at radius 3 is 2.73 bits per heavy atom. The van der Waals surface area contributed by atoms with Crippen molar-refractivity contribution in [3.63, 3.8) is 0 Å². The maximum atomic E-state index is 10.6. The highest BCUT2D eigenvalue weighted by Crippen LogP contribution is 2.47. The second kappa shape index (κ2) is 4.34. The molecule has 0 fully saturated rings. The lowest BCUT2D eigenvalue weighted by Gasteiger charge is -2.31. The molecule has 0 aromatic rings. The quantitative estimate of drug-likeness (QED) is 0.505. The van der Waals surface area contributed by atoms with Crippen LogP contribution >= 0.6 is 0 Å². The predicted molar refractivity (Wildman–Crippen MR) is 64.6 cm³/mol. The van der Waals surface area contributed by atoms with Crippen molar-refractivity contribution in [2.75, 3.05) is 0 Å². The van der Waals surface area contributed by atoms with Crippen LogP contribution < -0.4 is 0 Å². The van der Waals surface area contributed by atoms with Gasteiger partial charge in [0.05, 0.1) is 0 Å². The van der Waals surface area contributed by atoms with Crippen molar-refractivity contribution >= 4 is 6.29 Å². The standard InChI is InChI=1S/C14H22O/c1-10(9-15)8-11(2)13-7-6-12(3)14(13,4)5/h6,9-10,13H,2,7-8H2,1,3-5H3/t10-,13-/m1/s1. The van der Waals surface area contributed by atoms with Crippen LogP contribution in [0.2, 0.25) is 0 Å². The van der Waals surface area contributed by atoms with E-state index in [1.807, 2.05) is 6.92 Å². The molecular formula is C14H22O. The van der Waals surface area contributed by atoms with Crippen molar-refractivity contribution in [2.45, 2.75) is 40.5 Å². The molecule has 0 aliphatic heterocycles. The summed E-state index contributed by atoms with van der Waals surface area (Å²) in [6, 6.07) is 0. The van der Waals surface area contributed by atoms with Crippen molar-refractivity contribution in [2.24, 2.45) is 17.3 Å². The highest BCUT2D eigenvalue weighted by Gasteiger charge is 2.36. The number of hydrogen-bond donors (Lipinski definition) is 0. The maximum Gasteiger partial charge on any atom is 0.123 e. The Bertz CT molecular complexity index is 296. The number of aldehydes is 1. The molecule has 84 valence electrons. The Balaban J connectivity index is 2.68. The van der Waals surface area contributed by atoms with E-state index in [2.05, 4.69) is 33.4 Å². The van der Waals surface area contributed by atoms with Gasteiger partial charge in [-0.3, -0.25) is 0 Å². The summed E-state index contributed by atoms with van der Waals surface area (Å²) in [5.74, 6) is 0.620. The third-order valence-electron chi connectivity index (χ3n) is 3.86. The van der Waals surface area contributed by atoms with E-state index in [0.717, 1.165) is 19.1 Å². The van der Waals surface area contributed by atoms with E-state index < -0.39 is 0 Å². The number of carbonyl (C=O) groups is 1. The minimum absolute atomic E-state index is 0.106. The summed E-state index contributed by atoms with van der Waals surface area (Å²) < 4.78 is 0. The van der Waals surface area contributed by atoms with Gasteiger partial charge < -0.3 is 4.79 Å². The fourth-order valence-corrected chi connectivity index (χ4v) is 2.41. The van der Waals surface area contributed by atoms with Crippen molar-refractivity contribution in [1.82, 2.24) is 0 Å². The Hall–Kier alpha value is -0.850. The van der Waals surface area contributed by atoms with Crippen LogP contribution in [0.1, 0.15) is 40.5 Å². The molecule has 1 rings (SSSR count). The van der Waals surface area contributed by atoms with Gasteiger partial charge in [-0.1, -0.05) is 44.6 Å². The maximum absolute atomic E-state index is 10.6. The number of allylic oxidation sites excluding steroid dienone is 3. The van der Waals surface area contributed by atoms with Gasteiger partial charge >= 0.3 is 0 Å². The third-order valence-corrected chi connectivity index (χ3v) is 3.86. The molecule has 0 saturated carbocycles. The van der Waals surface area contributed by atoms with Crippen LogP contribution in [0.15, 0.2) is 23.8 Å². The van der Waals surface area contributed by atoms with Crippen LogP contribution in [0.25, 0.3) is 0 Å². The zero-order chi connectivity index (χ0) is 11.6. The molecule has 1 nitrogen and oxygen atoms in total. The first-order valence-electron chi connectivity index (χ1n) is 5.69. The van der Waals surface area contributed by atoms with Gasteiger partial charge in [0.2, 0.25) is 0 Å². The minimum atomic E-state index is 0.106. The summed E-state index contributed by atoms with van der Waals surface area (Å²) in [7, 11) is 0. The third kappa shape index (κ3) is 2.39. The Morgan fingerprint density at radius 2 is 2.33 bits per heavy atom. The van der Waals surface area contributed by atoms with Crippen LogP contribution in [0, 0.1) is 17.3 Å². The number of carbonyl (C=O) groups excluding carboxylic acids is 1. The molecule has 0 aromatic carbocycles. The molecule has 0 bridgehead atoms. The van der Waals surface area contributed by atoms with Crippen LogP contribution in [0.5, 0.6) is 0 Å². The largest absolute Gasteiger partial charge is 0.303 e. The van der Waals surface area contributed by atoms with Crippen LogP contribution in [0.3, 0.4) is 0 Å². The molecular weight excluding hydrogens is 184 g/mol. The lowest BCUT2D eigenvalue weighted by Crippen LogP contribution is -2.22. The fraction of sp³-hybridized carbons (Fsp3) is 0.643. The molecule has 15 heavy (non-hydrogen) atoms. The molecule has 0 amide bonds. The molecule has 0 spiro atoms. The topological polar surface area (TPSA) is 17.1 Å². The highest BCUT2D eigenvalue weighted by molar-refractivity contribution is 5.53. The second-order valence-corrected chi connectivity index (χ2v) is 5.37. The molecule has 0 N–H and O–H groups in total. The summed E-state index contributed by atoms with van der Waals surface area (Å²) in [6.07, 6.45) is 5.25. The summed E-state index contributed by atoms with van der Waals surface area (Å²) in [6.45, 7) is 12.9. The molecule has 0 radical (unpaired) electrons. The zero-order valence-corrected chi connectivity index (χ0v) is 10.3. The zero-order valence-electron chi connectivity index (χ0n) is 10.3. The number of hydrogen-bond acceptors (Lipinski definition) is 1. The van der Waals surface area contributed by atoms with Crippen molar-refractivity contribution in [3.8, 4) is 0 Å². The van der Waals surface area contributed by atoms with Crippen LogP contribution in [-0.2, 0) is 4.79 Å². The van der Waals surface area contributed by atoms with Crippen molar-refractivity contribution in [1.29, 1.82) is 0 Å². The van der Waals surface area contributed by atoms with E-state index in [-0.39, 0.29) is 11.3 Å². The smallest absolute Gasteiger partial charge is 0.123 e. The lowest BCUT2D eigenvalue weighted by molar-refractivity contribution is -0.110. The van der Waals surface area contributed by atoms with Gasteiger partial charge in [-0.25, -0.2) is 0 Å². The predicted octanol–water partition coefficient (Wildman–Crippen LogP) is 3.76. The van der Waals surface area contributed by atoms with Gasteiger partial charge in [-0.15, -0.1) is 0 Å². The molecule has 0 heterocycles. The first-order valence-corrected chi connectivity index (χ1v) is 5.69. The van der Waals surface area contributed by atoms with Gasteiger partial charge in [0, 0.05) is 5.92 Å². The molecule has 0 unspecified atom stereocenters. The van der Waals surface area contributed by atoms with Gasteiger partial charge in [0.1, 0.15) is 6.29 Å². The van der Waals surface area contributed by atoms with E-state index in [1.54, 1.807) is 0 Å². The summed E-state index contributed by atoms with van der Waals surface area (Å²) in [5.41, 5.74) is 2.90. The van der Waals surface area contributed by atoms with Crippen LogP contribution in [-0.4, -0.2) is 6.29 Å². The monoisotopic (exact) mass is 206 g/mol. The highest BCUT2D eigenvalue weighted by atomic mass is 16.1. The molecule has 1 heteroatoms. The van der Waals surface area contributed by atoms with E-state index >= 15 is 0 Å². The van der Waals surface area contributed by atoms with Gasteiger partial charge in [0.25, 0.3) is 0 Å². The van der Waals surface area contributed by atoms with Crippen molar-refractivity contribution in [3.05, 3.63) is 23.8 Å². The number of rotatable bonds is 4. The molecule has 0 saturated heterocycles.